The van der Waals surface area contributed by atoms with Gasteiger partial charge in [0.2, 0.25) is 5.91 Å². The Bertz CT molecular complexity index is 3280. The van der Waals surface area contributed by atoms with Gasteiger partial charge in [0.1, 0.15) is 48.3 Å². The Morgan fingerprint density at radius 1 is 0.755 bits per heavy atom. The standard InChI is InChI=1S/C65H81N3O26/c1-34-43(90-58(80)50(76)47(38-17-11-8-12-18-38)68-56(78)39-19-13-9-14-20-39)31-64(84)55(92-57(79)40-21-15-10-16-22-40)53-62(7,54(77)51(89-36(3)71)46(34)61(64,5)6)44(29-45-63(53,33-87-45)93-37(4)72)91-60(83)66-23-24-85-25-26-86-27-28-88-65(59(81)82)30-41(73)48(67-35(2)70)52(94-65)49(75)42(74)32-69/h8-22,41-45,47-53,55,69,73-76,84H,23-33H2,1-7H3,(H,66,83)(H,67,70)(H,68,78)(H,81,82)/t41?,42-,43-,44-,45+,47-,48?,49+,50+,51+,52?,53?,55-,62+,63-,64+,65?/m0/s1. The van der Waals surface area contributed by atoms with Gasteiger partial charge in [0.15, 0.2) is 23.6 Å². The third-order valence-corrected chi connectivity index (χ3v) is 18.3. The summed E-state index contributed by atoms with van der Waals surface area (Å²) < 4.78 is 59.5. The van der Waals surface area contributed by atoms with E-state index in [0.717, 1.165) is 20.8 Å². The number of aliphatic carboxylic acids is 1. The summed E-state index contributed by atoms with van der Waals surface area (Å²) in [6.07, 6.45) is -20.8. The molecular weight excluding hydrogens is 1240 g/mol. The molecule has 29 nitrogen and oxygen atoms in total. The van der Waals surface area contributed by atoms with Crippen LogP contribution >= 0.6 is 0 Å². The van der Waals surface area contributed by atoms with Gasteiger partial charge in [-0.05, 0) is 54.8 Å². The highest BCUT2D eigenvalue weighted by molar-refractivity contribution is 5.96. The first-order valence-corrected chi connectivity index (χ1v) is 30.6. The molecule has 4 fully saturated rings. The van der Waals surface area contributed by atoms with Gasteiger partial charge in [-0.2, -0.15) is 0 Å². The molecule has 5 aliphatic rings. The van der Waals surface area contributed by atoms with Crippen molar-refractivity contribution < 1.29 is 126 Å². The maximum atomic E-state index is 16.4. The van der Waals surface area contributed by atoms with Crippen molar-refractivity contribution in [2.45, 2.75) is 158 Å². The fraction of sp³-hybridized carbons (Fsp3) is 0.554. The number of esters is 4. The van der Waals surface area contributed by atoms with Crippen LogP contribution in [0.5, 0.6) is 0 Å². The molecule has 29 heteroatoms. The number of Topliss-reactive ketones (excluding diaryl/α,β-unsaturated/α-hetero) is 1. The lowest BCUT2D eigenvalue weighted by molar-refractivity contribution is -0.345. The lowest BCUT2D eigenvalue weighted by Gasteiger charge is -2.67. The summed E-state index contributed by atoms with van der Waals surface area (Å²) in [7, 11) is 0. The third kappa shape index (κ3) is 14.7. The average Bonchev–Trinajstić information content (AvgIpc) is 0.668. The van der Waals surface area contributed by atoms with Gasteiger partial charge in [-0.15, -0.1) is 0 Å². The van der Waals surface area contributed by atoms with Crippen molar-refractivity contribution in [3.63, 3.8) is 0 Å². The summed E-state index contributed by atoms with van der Waals surface area (Å²) in [5.74, 6) is -12.6. The molecule has 3 aromatic rings. The predicted octanol–water partition coefficient (Wildman–Crippen LogP) is 0.669. The zero-order valence-corrected chi connectivity index (χ0v) is 52.8. The molecule has 0 spiro atoms. The van der Waals surface area contributed by atoms with Crippen molar-refractivity contribution in [2.24, 2.45) is 16.7 Å². The minimum atomic E-state index is -2.59. The van der Waals surface area contributed by atoms with Crippen molar-refractivity contribution in [2.75, 3.05) is 52.8 Å². The molecule has 0 radical (unpaired) electrons. The number of hydrogen-bond acceptors (Lipinski definition) is 25. The van der Waals surface area contributed by atoms with Crippen molar-refractivity contribution in [3.05, 3.63) is 119 Å². The second kappa shape index (κ2) is 29.9. The number of benzene rings is 3. The molecule has 512 valence electrons. The summed E-state index contributed by atoms with van der Waals surface area (Å²) in [5, 5.41) is 85.0. The summed E-state index contributed by atoms with van der Waals surface area (Å²) in [6.45, 7) is 6.26. The lowest BCUT2D eigenvalue weighted by atomic mass is 9.44. The molecule has 10 N–H and O–H groups in total. The maximum Gasteiger partial charge on any atom is 0.407 e. The van der Waals surface area contributed by atoms with Gasteiger partial charge >= 0.3 is 35.9 Å². The van der Waals surface area contributed by atoms with Crippen LogP contribution in [-0.4, -0.2) is 226 Å². The molecule has 2 saturated heterocycles. The van der Waals surface area contributed by atoms with Gasteiger partial charge in [0, 0.05) is 57.6 Å². The Labute approximate surface area is 540 Å². The molecule has 5 unspecified atom stereocenters. The summed E-state index contributed by atoms with van der Waals surface area (Å²) >= 11 is 0. The molecule has 2 aliphatic heterocycles. The average molecular weight is 1320 g/mol. The number of carbonyl (C=O) groups excluding carboxylic acids is 8. The third-order valence-electron chi connectivity index (χ3n) is 18.3. The quantitative estimate of drug-likeness (QED) is 0.0228. The van der Waals surface area contributed by atoms with E-state index in [1.807, 2.05) is 0 Å². The number of nitrogens with one attached hydrogen (secondary N) is 3. The van der Waals surface area contributed by atoms with Crippen LogP contribution in [0.4, 0.5) is 4.79 Å². The van der Waals surface area contributed by atoms with E-state index in [1.54, 1.807) is 66.7 Å². The van der Waals surface area contributed by atoms with Crippen LogP contribution in [0.3, 0.4) is 0 Å². The number of aliphatic hydroxyl groups is 6. The van der Waals surface area contributed by atoms with E-state index in [4.69, 9.17) is 47.4 Å². The largest absolute Gasteiger partial charge is 0.477 e. The molecule has 2 heterocycles. The van der Waals surface area contributed by atoms with Crippen LogP contribution in [0.25, 0.3) is 0 Å². The monoisotopic (exact) mass is 1320 g/mol. The molecule has 2 saturated carbocycles. The second-order valence-corrected chi connectivity index (χ2v) is 24.6. The topological polar surface area (TPSA) is 424 Å². The van der Waals surface area contributed by atoms with Gasteiger partial charge in [-0.3, -0.25) is 24.0 Å². The Kier molecular flexibility index (Phi) is 22.9. The van der Waals surface area contributed by atoms with Crippen LogP contribution in [0.15, 0.2) is 102 Å². The fourth-order valence-electron chi connectivity index (χ4n) is 13.6. The number of ether oxygens (including phenoxy) is 10. The van der Waals surface area contributed by atoms with Crippen LogP contribution < -0.4 is 16.0 Å². The van der Waals surface area contributed by atoms with Crippen LogP contribution in [0, 0.1) is 16.7 Å². The molecule has 3 aromatic carbocycles. The summed E-state index contributed by atoms with van der Waals surface area (Å²) in [5.41, 5.74) is -8.25. The lowest BCUT2D eigenvalue weighted by Crippen LogP contribution is -2.82. The zero-order valence-electron chi connectivity index (χ0n) is 52.8. The number of alkyl carbamates (subject to hydrolysis) is 1. The predicted molar refractivity (Wildman–Crippen MR) is 320 cm³/mol. The molecule has 0 aromatic heterocycles. The first kappa shape index (κ1) is 72.0. The molecule has 8 rings (SSSR count). The van der Waals surface area contributed by atoms with E-state index in [1.165, 1.54) is 52.0 Å². The molecule has 94 heavy (non-hydrogen) atoms. The molecular formula is C65H81N3O26. The van der Waals surface area contributed by atoms with Gasteiger partial charge in [0.25, 0.3) is 11.7 Å². The Morgan fingerprint density at radius 3 is 1.94 bits per heavy atom. The maximum absolute atomic E-state index is 16.4. The smallest absolute Gasteiger partial charge is 0.407 e. The SMILES string of the molecule is CC(=O)NC1C(O)CC(OCCOCCOCCNC(=O)O[C@H]2C[C@H]3OC[C@@]3(OC(C)=O)C3[C@H](OC(=O)c4ccccc4)[C@]4(O)C[C@H](OC(=O)[C@H](O)[C@@H](NC(=O)c5ccccc5)c5ccccc5)C(C)=C([C@@H](OC(C)=O)C(=O)[C@@]32C)C4(C)C)(C(=O)O)OC1[C@H](O)[C@@H](O)CO. The van der Waals surface area contributed by atoms with Crippen molar-refractivity contribution in [3.8, 4) is 0 Å². The highest BCUT2D eigenvalue weighted by Gasteiger charge is 2.79. The van der Waals surface area contributed by atoms with Crippen LogP contribution in [0.1, 0.15) is 100 Å². The molecule has 3 aliphatic carbocycles. The minimum Gasteiger partial charge on any atom is -0.477 e. The molecule has 17 atom stereocenters. The first-order valence-electron chi connectivity index (χ1n) is 30.6. The number of amides is 3. The van der Waals surface area contributed by atoms with E-state index in [0.29, 0.717) is 5.56 Å². The summed E-state index contributed by atoms with van der Waals surface area (Å²) in [6, 6.07) is 20.8. The van der Waals surface area contributed by atoms with E-state index >= 15 is 4.79 Å². The number of hydrogen-bond donors (Lipinski definition) is 10. The van der Waals surface area contributed by atoms with Crippen LogP contribution in [-0.2, 0) is 76.1 Å². The number of carboxylic acids is 1. The van der Waals surface area contributed by atoms with E-state index in [2.05, 4.69) is 16.0 Å². The minimum absolute atomic E-state index is 0.0297. The van der Waals surface area contributed by atoms with Crippen molar-refractivity contribution >= 4 is 53.5 Å². The first-order chi connectivity index (χ1) is 44.5. The zero-order chi connectivity index (χ0) is 68.7. The highest BCUT2D eigenvalue weighted by atomic mass is 16.7. The Hall–Kier alpha value is -7.81. The summed E-state index contributed by atoms with van der Waals surface area (Å²) in [4.78, 5) is 125. The van der Waals surface area contributed by atoms with E-state index in [9.17, 15) is 74.1 Å². The van der Waals surface area contributed by atoms with E-state index < -0.39 is 193 Å². The Balaban J connectivity index is 1.04. The number of carboxylic acid groups (broad SMARTS) is 1. The van der Waals surface area contributed by atoms with Crippen molar-refractivity contribution in [1.29, 1.82) is 0 Å². The van der Waals surface area contributed by atoms with Gasteiger partial charge in [-0.25, -0.2) is 19.2 Å². The van der Waals surface area contributed by atoms with Crippen molar-refractivity contribution in [1.82, 2.24) is 16.0 Å². The number of ketones is 1. The number of fused-ring (bicyclic) bond motifs is 5. The normalized spacial score (nSPS) is 30.5. The second-order valence-electron chi connectivity index (χ2n) is 24.6. The number of rotatable bonds is 26. The molecule has 3 amide bonds. The number of aliphatic hydroxyl groups excluding tert-OH is 5. The molecule has 2 bridgehead atoms. The van der Waals surface area contributed by atoms with Gasteiger partial charge in [-0.1, -0.05) is 80.6 Å². The Morgan fingerprint density at radius 2 is 1.36 bits per heavy atom. The fourth-order valence-corrected chi connectivity index (χ4v) is 13.6. The van der Waals surface area contributed by atoms with E-state index in [-0.39, 0.29) is 61.7 Å². The van der Waals surface area contributed by atoms with Gasteiger partial charge < -0.3 is 99.1 Å². The highest BCUT2D eigenvalue weighted by Crippen LogP contribution is 2.65. The number of carbonyl (C=O) groups is 9. The van der Waals surface area contributed by atoms with Crippen LogP contribution in [0.2, 0.25) is 0 Å². The van der Waals surface area contributed by atoms with Gasteiger partial charge in [0.05, 0.1) is 81.3 Å².